The van der Waals surface area contributed by atoms with Crippen molar-refractivity contribution in [3.63, 3.8) is 0 Å². The second kappa shape index (κ2) is 15.6. The number of aryl methyl sites for hydroxylation is 2. The number of fused-ring (bicyclic) bond motifs is 1. The summed E-state index contributed by atoms with van der Waals surface area (Å²) >= 11 is 0. The van der Waals surface area contributed by atoms with Gasteiger partial charge in [0.25, 0.3) is 0 Å². The van der Waals surface area contributed by atoms with E-state index in [9.17, 15) is 5.11 Å². The highest BCUT2D eigenvalue weighted by atomic mass is 16.5. The van der Waals surface area contributed by atoms with E-state index in [1.807, 2.05) is 30.3 Å². The number of phenolic OH excluding ortho intramolecular Hbond substituents is 1. The fourth-order valence-corrected chi connectivity index (χ4v) is 6.30. The number of aromatic hydroxyl groups is 1. The zero-order valence-electron chi connectivity index (χ0n) is 27.2. The van der Waals surface area contributed by atoms with E-state index in [4.69, 9.17) is 4.74 Å². The number of ether oxygens (including phenoxy) is 1. The summed E-state index contributed by atoms with van der Waals surface area (Å²) in [4.78, 5) is 2.61. The Labute approximate surface area is 270 Å². The molecule has 0 spiro atoms. The van der Waals surface area contributed by atoms with Gasteiger partial charge in [0, 0.05) is 29.0 Å². The van der Waals surface area contributed by atoms with Crippen LogP contribution in [0.5, 0.6) is 11.5 Å². The largest absolute Gasteiger partial charge is 0.508 e. The lowest BCUT2D eigenvalue weighted by Gasteiger charge is -2.31. The number of para-hydroxylation sites is 1. The van der Waals surface area contributed by atoms with Crippen molar-refractivity contribution >= 4 is 0 Å². The lowest BCUT2D eigenvalue weighted by Crippen LogP contribution is -2.34. The molecule has 6 rings (SSSR count). The highest BCUT2D eigenvalue weighted by Crippen LogP contribution is 2.35. The van der Waals surface area contributed by atoms with Gasteiger partial charge in [0.15, 0.2) is 0 Å². The van der Waals surface area contributed by atoms with E-state index in [2.05, 4.69) is 130 Å². The molecule has 1 aliphatic heterocycles. The van der Waals surface area contributed by atoms with Crippen molar-refractivity contribution in [2.75, 3.05) is 13.1 Å². The number of benzene rings is 5. The number of nitrogens with zero attached hydrogens (tertiary/aromatic N) is 1. The summed E-state index contributed by atoms with van der Waals surface area (Å²) in [6, 6.07) is 45.0. The zero-order chi connectivity index (χ0) is 31.6. The maximum atomic E-state index is 10.8. The predicted molar refractivity (Wildman–Crippen MR) is 187 cm³/mol. The van der Waals surface area contributed by atoms with E-state index < -0.39 is 0 Å². The average molecular weight is 598 g/mol. The third-order valence-electron chi connectivity index (χ3n) is 8.90. The van der Waals surface area contributed by atoms with Crippen LogP contribution in [0.1, 0.15) is 77.5 Å². The number of hydrogen-bond donors (Lipinski definition) is 1. The summed E-state index contributed by atoms with van der Waals surface area (Å²) in [5, 5.41) is 10.8. The van der Waals surface area contributed by atoms with Crippen LogP contribution in [0.15, 0.2) is 127 Å². The van der Waals surface area contributed by atoms with Crippen LogP contribution >= 0.6 is 0 Å². The lowest BCUT2D eigenvalue weighted by atomic mass is 9.86. The second-order valence-electron chi connectivity index (χ2n) is 12.5. The summed E-state index contributed by atoms with van der Waals surface area (Å²) in [5.41, 5.74) is 8.87. The summed E-state index contributed by atoms with van der Waals surface area (Å²) < 4.78 is 5.08. The van der Waals surface area contributed by atoms with Crippen LogP contribution < -0.4 is 4.74 Å². The third kappa shape index (κ3) is 8.65. The highest BCUT2D eigenvalue weighted by molar-refractivity contribution is 5.43. The van der Waals surface area contributed by atoms with Crippen LogP contribution in [-0.4, -0.2) is 29.1 Å². The molecule has 0 bridgehead atoms. The van der Waals surface area contributed by atoms with E-state index in [-0.39, 0.29) is 5.92 Å². The molecular formula is C42H47NO2. The number of rotatable bonds is 11. The van der Waals surface area contributed by atoms with E-state index in [1.165, 1.54) is 33.4 Å². The molecule has 0 aliphatic carbocycles. The molecule has 1 aliphatic rings. The molecule has 45 heavy (non-hydrogen) atoms. The number of phenols is 1. The topological polar surface area (TPSA) is 32.7 Å². The summed E-state index contributed by atoms with van der Waals surface area (Å²) in [7, 11) is 0. The van der Waals surface area contributed by atoms with Gasteiger partial charge in [0.2, 0.25) is 0 Å². The van der Waals surface area contributed by atoms with Gasteiger partial charge in [-0.1, -0.05) is 126 Å². The molecule has 2 unspecified atom stereocenters. The van der Waals surface area contributed by atoms with Gasteiger partial charge >= 0.3 is 0 Å². The second-order valence-corrected chi connectivity index (χ2v) is 12.5. The van der Waals surface area contributed by atoms with Crippen LogP contribution in [0, 0.1) is 13.8 Å². The Morgan fingerprint density at radius 1 is 0.622 bits per heavy atom. The fourth-order valence-electron chi connectivity index (χ4n) is 6.30. The highest BCUT2D eigenvalue weighted by Gasteiger charge is 2.22. The van der Waals surface area contributed by atoms with E-state index >= 15 is 0 Å². The number of hydrogen-bond acceptors (Lipinski definition) is 3. The molecule has 3 nitrogen and oxygen atoms in total. The molecule has 5 aromatic rings. The molecule has 1 heterocycles. The average Bonchev–Trinajstić information content (AvgIpc) is 3.04. The van der Waals surface area contributed by atoms with Crippen molar-refractivity contribution in [2.45, 2.75) is 65.0 Å². The van der Waals surface area contributed by atoms with Gasteiger partial charge in [-0.25, -0.2) is 0 Å². The van der Waals surface area contributed by atoms with Gasteiger partial charge in [-0.2, -0.15) is 0 Å². The first-order valence-corrected chi connectivity index (χ1v) is 16.3. The smallest absolute Gasteiger partial charge is 0.126 e. The summed E-state index contributed by atoms with van der Waals surface area (Å²) in [6.45, 7) is 11.7. The summed E-state index contributed by atoms with van der Waals surface area (Å²) in [6.07, 6.45) is 2.02. The Hall–Kier alpha value is -4.34. The normalized spacial score (nSPS) is 13.2. The van der Waals surface area contributed by atoms with Crippen molar-refractivity contribution in [1.82, 2.24) is 4.90 Å². The molecule has 1 N–H and O–H groups in total. The van der Waals surface area contributed by atoms with Gasteiger partial charge in [-0.05, 0) is 82.4 Å². The molecule has 5 aromatic carbocycles. The first-order valence-electron chi connectivity index (χ1n) is 16.3. The van der Waals surface area contributed by atoms with Crippen LogP contribution in [-0.2, 0) is 6.61 Å². The zero-order valence-corrected chi connectivity index (χ0v) is 27.2. The Balaban J connectivity index is 0.000000428. The Morgan fingerprint density at radius 3 is 1.76 bits per heavy atom. The van der Waals surface area contributed by atoms with Crippen molar-refractivity contribution in [2.24, 2.45) is 0 Å². The summed E-state index contributed by atoms with van der Waals surface area (Å²) in [5.74, 6) is 1.96. The lowest BCUT2D eigenvalue weighted by molar-refractivity contribution is 0.210. The molecule has 0 amide bonds. The molecule has 232 valence electrons. The fraction of sp³-hybridized carbons (Fsp3) is 0.286. The molecule has 0 aromatic heterocycles. The standard InChI is InChI=1S/C35H41NO.C7H6O/c1-26(2)36(22-20-32(29-13-7-5-8-14-29)31-17-11-12-27(3)24-31)23-21-33(30-15-9-6-10-16-30)34-25-28(4)18-19-35(34)37;1-2-4-7-6(3-1)5-8-7/h5-19,24-26,32-33,37H,20-23H2,1-4H3;1-4H,5H2. The Kier molecular flexibility index (Phi) is 11.1. The van der Waals surface area contributed by atoms with Crippen LogP contribution in [0.2, 0.25) is 0 Å². The van der Waals surface area contributed by atoms with Crippen LogP contribution in [0.4, 0.5) is 0 Å². The van der Waals surface area contributed by atoms with Crippen molar-refractivity contribution in [3.8, 4) is 11.5 Å². The molecule has 0 saturated heterocycles. The van der Waals surface area contributed by atoms with Crippen molar-refractivity contribution in [3.05, 3.63) is 166 Å². The third-order valence-corrected chi connectivity index (χ3v) is 8.90. The maximum Gasteiger partial charge on any atom is 0.126 e. The minimum Gasteiger partial charge on any atom is -0.508 e. The van der Waals surface area contributed by atoms with E-state index in [0.29, 0.717) is 17.7 Å². The van der Waals surface area contributed by atoms with Gasteiger partial charge in [0.1, 0.15) is 18.1 Å². The van der Waals surface area contributed by atoms with Crippen molar-refractivity contribution < 1.29 is 9.84 Å². The Morgan fingerprint density at radius 2 is 1.20 bits per heavy atom. The minimum atomic E-state index is 0.157. The Bertz CT molecular complexity index is 1610. The van der Waals surface area contributed by atoms with Crippen LogP contribution in [0.25, 0.3) is 0 Å². The van der Waals surface area contributed by atoms with Crippen LogP contribution in [0.3, 0.4) is 0 Å². The van der Waals surface area contributed by atoms with Gasteiger partial charge < -0.3 is 14.7 Å². The first kappa shape index (κ1) is 32.1. The molecule has 0 saturated carbocycles. The first-order chi connectivity index (χ1) is 21.9. The molecule has 2 atom stereocenters. The van der Waals surface area contributed by atoms with Crippen molar-refractivity contribution in [1.29, 1.82) is 0 Å². The maximum absolute atomic E-state index is 10.8. The molecule has 3 heteroatoms. The minimum absolute atomic E-state index is 0.157. The molecule has 0 radical (unpaired) electrons. The SMILES string of the molecule is Cc1cccc(C(CCN(CCC(c2ccccc2)c2cc(C)ccc2O)C(C)C)c2ccccc2)c1.c1ccc2c(c1)CO2. The van der Waals surface area contributed by atoms with E-state index in [0.717, 1.165) is 43.9 Å². The van der Waals surface area contributed by atoms with Gasteiger partial charge in [-0.3, -0.25) is 0 Å². The monoisotopic (exact) mass is 597 g/mol. The quantitative estimate of drug-likeness (QED) is 0.164. The van der Waals surface area contributed by atoms with Gasteiger partial charge in [-0.15, -0.1) is 0 Å². The molecular weight excluding hydrogens is 550 g/mol. The van der Waals surface area contributed by atoms with E-state index in [1.54, 1.807) is 0 Å². The predicted octanol–water partition coefficient (Wildman–Crippen LogP) is 10.0. The van der Waals surface area contributed by atoms with Gasteiger partial charge in [0.05, 0.1) is 0 Å². The molecule has 0 fully saturated rings.